The van der Waals surface area contributed by atoms with E-state index >= 15 is 0 Å². The third kappa shape index (κ3) is 3.64. The number of benzene rings is 1. The molecule has 0 radical (unpaired) electrons. The molecule has 0 amide bonds. The van der Waals surface area contributed by atoms with Gasteiger partial charge in [0, 0.05) is 28.8 Å². The first-order valence-electron chi connectivity index (χ1n) is 6.24. The molecule has 106 valence electrons. The van der Waals surface area contributed by atoms with E-state index in [0.29, 0.717) is 23.1 Å². The second-order valence-electron chi connectivity index (χ2n) is 4.35. The Morgan fingerprint density at radius 2 is 2.30 bits per heavy atom. The maximum Gasteiger partial charge on any atom is 0.275 e. The Balaban J connectivity index is 2.17. The molecule has 0 unspecified atom stereocenters. The summed E-state index contributed by atoms with van der Waals surface area (Å²) in [6, 6.07) is 5.08. The van der Waals surface area contributed by atoms with Crippen LogP contribution in [0.4, 0.5) is 5.69 Å². The van der Waals surface area contributed by atoms with Crippen molar-refractivity contribution < 1.29 is 4.92 Å². The zero-order valence-corrected chi connectivity index (χ0v) is 12.6. The average molecular weight is 339 g/mol. The van der Waals surface area contributed by atoms with Crippen molar-refractivity contribution in [2.24, 2.45) is 0 Å². The van der Waals surface area contributed by atoms with Crippen molar-refractivity contribution in [3.63, 3.8) is 0 Å². The Bertz CT molecular complexity index is 612. The van der Waals surface area contributed by atoms with Crippen LogP contribution in [0.5, 0.6) is 0 Å². The number of nitro groups is 1. The molecule has 0 aliphatic carbocycles. The summed E-state index contributed by atoms with van der Waals surface area (Å²) in [6.07, 6.45) is 3.59. The van der Waals surface area contributed by atoms with Crippen molar-refractivity contribution in [1.82, 2.24) is 14.9 Å². The van der Waals surface area contributed by atoms with Gasteiger partial charge in [-0.25, -0.2) is 4.98 Å². The van der Waals surface area contributed by atoms with E-state index in [4.69, 9.17) is 0 Å². The molecule has 0 saturated heterocycles. The van der Waals surface area contributed by atoms with Crippen LogP contribution in [0.15, 0.2) is 35.2 Å². The second kappa shape index (κ2) is 6.62. The molecule has 2 aromatic rings. The van der Waals surface area contributed by atoms with Gasteiger partial charge < -0.3 is 9.88 Å². The molecule has 0 atom stereocenters. The van der Waals surface area contributed by atoms with E-state index in [2.05, 4.69) is 26.2 Å². The first-order valence-corrected chi connectivity index (χ1v) is 7.03. The molecule has 0 bridgehead atoms. The number of nitro benzene ring substituents is 1. The van der Waals surface area contributed by atoms with Crippen LogP contribution in [0.2, 0.25) is 0 Å². The summed E-state index contributed by atoms with van der Waals surface area (Å²) in [4.78, 5) is 15.0. The number of nitrogens with zero attached hydrogens (tertiary/aromatic N) is 3. The summed E-state index contributed by atoms with van der Waals surface area (Å²) in [5.74, 6) is 0. The lowest BCUT2D eigenvalue weighted by Gasteiger charge is -2.04. The zero-order valence-electron chi connectivity index (χ0n) is 11.0. The number of nitrogens with one attached hydrogen (secondary N) is 1. The Morgan fingerprint density at radius 3 is 3.00 bits per heavy atom. The van der Waals surface area contributed by atoms with E-state index in [1.807, 2.05) is 17.7 Å². The smallest absolute Gasteiger partial charge is 0.275 e. The number of hydrogen-bond acceptors (Lipinski definition) is 4. The number of imidazole rings is 1. The summed E-state index contributed by atoms with van der Waals surface area (Å²) in [7, 11) is 0. The maximum absolute atomic E-state index is 11.1. The highest BCUT2D eigenvalue weighted by Gasteiger charge is 2.14. The number of aromatic nitrogens is 2. The highest BCUT2D eigenvalue weighted by Crippen LogP contribution is 2.24. The molecular formula is C13H15BrN4O2. The van der Waals surface area contributed by atoms with Gasteiger partial charge in [0.2, 0.25) is 0 Å². The molecule has 0 saturated carbocycles. The number of halogens is 1. The average Bonchev–Trinajstić information content (AvgIpc) is 2.86. The number of hydrogen-bond donors (Lipinski definition) is 1. The predicted molar refractivity (Wildman–Crippen MR) is 79.5 cm³/mol. The molecule has 0 fully saturated rings. The first-order chi connectivity index (χ1) is 9.60. The highest BCUT2D eigenvalue weighted by molar-refractivity contribution is 9.10. The first kappa shape index (κ1) is 14.7. The van der Waals surface area contributed by atoms with Crippen LogP contribution < -0.4 is 5.32 Å². The Labute approximate surface area is 125 Å². The van der Waals surface area contributed by atoms with Crippen molar-refractivity contribution in [2.45, 2.75) is 20.0 Å². The molecule has 1 aromatic heterocycles. The predicted octanol–water partition coefficient (Wildman–Crippen LogP) is 2.71. The molecule has 6 nitrogen and oxygen atoms in total. The van der Waals surface area contributed by atoms with E-state index in [1.165, 1.54) is 6.07 Å². The third-order valence-corrected chi connectivity index (χ3v) is 3.33. The second-order valence-corrected chi connectivity index (χ2v) is 5.26. The number of rotatable bonds is 6. The fraction of sp³-hybridized carbons (Fsp3) is 0.308. The van der Waals surface area contributed by atoms with Gasteiger partial charge in [0.05, 0.1) is 23.5 Å². The van der Waals surface area contributed by atoms with Crippen LogP contribution in [0.1, 0.15) is 18.2 Å². The largest absolute Gasteiger partial charge is 0.332 e. The van der Waals surface area contributed by atoms with E-state index in [9.17, 15) is 10.1 Å². The van der Waals surface area contributed by atoms with E-state index in [1.54, 1.807) is 18.5 Å². The lowest BCUT2D eigenvalue weighted by molar-refractivity contribution is -0.385. The van der Waals surface area contributed by atoms with Crippen molar-refractivity contribution in [3.8, 4) is 0 Å². The SMILES string of the molecule is CCNCc1cn(Cc2ccc(Br)cc2[N+](=O)[O-])cn1. The summed E-state index contributed by atoms with van der Waals surface area (Å²) >= 11 is 3.25. The molecule has 0 aliphatic heterocycles. The third-order valence-electron chi connectivity index (χ3n) is 2.84. The van der Waals surface area contributed by atoms with Crippen LogP contribution in [0.3, 0.4) is 0 Å². The van der Waals surface area contributed by atoms with E-state index < -0.39 is 0 Å². The standard InChI is InChI=1S/C13H15BrN4O2/c1-2-15-6-12-8-17(9-16-12)7-10-3-4-11(14)5-13(10)18(19)20/h3-5,8-9,15H,2,6-7H2,1H3. The van der Waals surface area contributed by atoms with Gasteiger partial charge in [0.1, 0.15) is 0 Å². The lowest BCUT2D eigenvalue weighted by atomic mass is 10.2. The molecule has 1 aromatic carbocycles. The fourth-order valence-corrected chi connectivity index (χ4v) is 2.22. The molecule has 20 heavy (non-hydrogen) atoms. The minimum atomic E-state index is -0.365. The molecule has 0 spiro atoms. The van der Waals surface area contributed by atoms with E-state index in [0.717, 1.165) is 12.2 Å². The molecule has 1 N–H and O–H groups in total. The fourth-order valence-electron chi connectivity index (χ4n) is 1.87. The van der Waals surface area contributed by atoms with Crippen molar-refractivity contribution in [3.05, 3.63) is 56.6 Å². The van der Waals surface area contributed by atoms with Gasteiger partial charge in [-0.1, -0.05) is 22.9 Å². The Morgan fingerprint density at radius 1 is 1.50 bits per heavy atom. The Hall–Kier alpha value is -1.73. The normalized spacial score (nSPS) is 10.7. The summed E-state index contributed by atoms with van der Waals surface area (Å²) in [5.41, 5.74) is 1.69. The van der Waals surface area contributed by atoms with Gasteiger partial charge >= 0.3 is 0 Å². The molecule has 2 rings (SSSR count). The quantitative estimate of drug-likeness (QED) is 0.649. The minimum Gasteiger partial charge on any atom is -0.332 e. The Kier molecular flexibility index (Phi) is 4.86. The van der Waals surface area contributed by atoms with Crippen LogP contribution in [0.25, 0.3) is 0 Å². The van der Waals surface area contributed by atoms with Gasteiger partial charge in [-0.05, 0) is 18.7 Å². The van der Waals surface area contributed by atoms with Crippen LogP contribution in [-0.2, 0) is 13.1 Å². The van der Waals surface area contributed by atoms with Gasteiger partial charge in [-0.3, -0.25) is 10.1 Å². The monoisotopic (exact) mass is 338 g/mol. The lowest BCUT2D eigenvalue weighted by Crippen LogP contribution is -2.11. The molecule has 1 heterocycles. The van der Waals surface area contributed by atoms with E-state index in [-0.39, 0.29) is 10.6 Å². The van der Waals surface area contributed by atoms with Crippen LogP contribution in [-0.4, -0.2) is 21.0 Å². The van der Waals surface area contributed by atoms with Gasteiger partial charge in [-0.2, -0.15) is 0 Å². The molecular weight excluding hydrogens is 324 g/mol. The summed E-state index contributed by atoms with van der Waals surface area (Å²) in [5, 5.41) is 14.2. The van der Waals surface area contributed by atoms with Crippen molar-refractivity contribution in [2.75, 3.05) is 6.54 Å². The topological polar surface area (TPSA) is 73.0 Å². The van der Waals surface area contributed by atoms with Crippen LogP contribution >= 0.6 is 15.9 Å². The molecule has 7 heteroatoms. The van der Waals surface area contributed by atoms with Crippen molar-refractivity contribution >= 4 is 21.6 Å². The van der Waals surface area contributed by atoms with Crippen molar-refractivity contribution in [1.29, 1.82) is 0 Å². The highest BCUT2D eigenvalue weighted by atomic mass is 79.9. The van der Waals surface area contributed by atoms with Gasteiger partial charge in [-0.15, -0.1) is 0 Å². The molecule has 0 aliphatic rings. The van der Waals surface area contributed by atoms with Gasteiger partial charge in [0.25, 0.3) is 5.69 Å². The zero-order chi connectivity index (χ0) is 14.5. The summed E-state index contributed by atoms with van der Waals surface area (Å²) < 4.78 is 2.55. The van der Waals surface area contributed by atoms with Gasteiger partial charge in [0.15, 0.2) is 0 Å². The summed E-state index contributed by atoms with van der Waals surface area (Å²) in [6.45, 7) is 4.04. The minimum absolute atomic E-state index is 0.112. The van der Waals surface area contributed by atoms with Crippen LogP contribution in [0, 0.1) is 10.1 Å². The maximum atomic E-state index is 11.1.